The van der Waals surface area contributed by atoms with Gasteiger partial charge in [-0.25, -0.2) is 0 Å². The number of pyridine rings is 1. The molecule has 0 aliphatic rings. The van der Waals surface area contributed by atoms with Gasteiger partial charge in [0.05, 0.1) is 0 Å². The molecule has 0 saturated carbocycles. The second-order valence-electron chi connectivity index (χ2n) is 8.81. The summed E-state index contributed by atoms with van der Waals surface area (Å²) in [5.74, 6) is 0.738. The maximum absolute atomic E-state index is 5.13. The van der Waals surface area contributed by atoms with E-state index in [1.54, 1.807) is 35.6 Å². The van der Waals surface area contributed by atoms with Crippen molar-refractivity contribution in [3.63, 3.8) is 0 Å². The Morgan fingerprint density at radius 3 is 2.44 bits per heavy atom. The number of aromatic nitrogens is 5. The van der Waals surface area contributed by atoms with Crippen LogP contribution in [0.5, 0.6) is 0 Å². The molecule has 7 heteroatoms. The average molecular weight is 532 g/mol. The maximum atomic E-state index is 5.13. The summed E-state index contributed by atoms with van der Waals surface area (Å²) in [6.07, 6.45) is 6.35. The van der Waals surface area contributed by atoms with Gasteiger partial charge in [0.2, 0.25) is 0 Å². The Bertz CT molecular complexity index is 1630. The van der Waals surface area contributed by atoms with Gasteiger partial charge in [0.15, 0.2) is 0 Å². The molecule has 3 heterocycles. The molecule has 0 saturated heterocycles. The second kappa shape index (κ2) is 9.92. The van der Waals surface area contributed by atoms with Crippen LogP contribution in [0.1, 0.15) is 5.56 Å². The van der Waals surface area contributed by atoms with Gasteiger partial charge >= 0.3 is 212 Å². The van der Waals surface area contributed by atoms with E-state index in [2.05, 4.69) is 93.3 Å². The molecule has 3 aromatic carbocycles. The number of rotatable bonds is 7. The Balaban J connectivity index is 1.43. The average Bonchev–Trinajstić information content (AvgIpc) is 3.42. The molecule has 0 bridgehead atoms. The number of benzene rings is 3. The van der Waals surface area contributed by atoms with Gasteiger partial charge in [0.25, 0.3) is 0 Å². The summed E-state index contributed by atoms with van der Waals surface area (Å²) in [6.45, 7) is 0.806. The van der Waals surface area contributed by atoms with Crippen molar-refractivity contribution in [1.29, 1.82) is 0 Å². The first-order valence-electron chi connectivity index (χ1n) is 11.9. The van der Waals surface area contributed by atoms with Crippen LogP contribution in [0.25, 0.3) is 38.8 Å². The molecule has 0 aliphatic heterocycles. The van der Waals surface area contributed by atoms with Crippen molar-refractivity contribution in [2.45, 2.75) is 11.1 Å². The van der Waals surface area contributed by atoms with Crippen LogP contribution in [-0.4, -0.2) is 48.0 Å². The van der Waals surface area contributed by atoms with Crippen molar-refractivity contribution in [3.8, 4) is 22.4 Å². The van der Waals surface area contributed by atoms with Crippen molar-refractivity contribution < 1.29 is 0 Å². The van der Waals surface area contributed by atoms with E-state index in [-0.39, 0.29) is 0 Å². The summed E-state index contributed by atoms with van der Waals surface area (Å²) in [5, 5.41) is 14.8. The molecule has 0 fully saturated rings. The third-order valence-corrected chi connectivity index (χ3v) is 7.30. The molecule has 2 unspecified atom stereocenters. The topological polar surface area (TPSA) is 68.0 Å². The van der Waals surface area contributed by atoms with Crippen molar-refractivity contribution in [3.05, 3.63) is 109 Å². The quantitative estimate of drug-likeness (QED) is 0.291. The number of anilines is 1. The molecule has 0 radical (unpaired) electrons. The standard InChI is InChI=1S/C29H25AsN6/c30-25(16-20-6-2-1-3-7-20)18-32-29-34-27(22-12-14-31-15-13-22)26(28-35-33-19-36(28)29)24-11-10-21-8-4-5-9-23(21)17-24/h1-15,17,19,25H,16,18,30H2,(H,32,34). The van der Waals surface area contributed by atoms with Crippen LogP contribution in [0.15, 0.2) is 104 Å². The molecular formula is C29H25AsN6. The van der Waals surface area contributed by atoms with E-state index in [0.717, 1.165) is 46.9 Å². The van der Waals surface area contributed by atoms with Crippen LogP contribution in [0, 0.1) is 0 Å². The minimum atomic E-state index is 0.484. The van der Waals surface area contributed by atoms with E-state index in [1.165, 1.54) is 16.3 Å². The number of hydrogen-bond acceptors (Lipinski definition) is 5. The Labute approximate surface area is 218 Å². The van der Waals surface area contributed by atoms with Crippen molar-refractivity contribution in [1.82, 2.24) is 24.6 Å². The van der Waals surface area contributed by atoms with Gasteiger partial charge in [-0.05, 0) is 0 Å². The summed E-state index contributed by atoms with van der Waals surface area (Å²) in [6, 6.07) is 29.4. The molecule has 6 nitrogen and oxygen atoms in total. The molecule has 6 aromatic rings. The van der Waals surface area contributed by atoms with E-state index < -0.39 is 0 Å². The summed E-state index contributed by atoms with van der Waals surface area (Å²) in [4.78, 5) is 9.34. The summed E-state index contributed by atoms with van der Waals surface area (Å²) in [7, 11) is 0. The number of nitrogens with zero attached hydrogens (tertiary/aromatic N) is 5. The van der Waals surface area contributed by atoms with Gasteiger partial charge in [0.1, 0.15) is 0 Å². The first-order chi connectivity index (χ1) is 17.8. The van der Waals surface area contributed by atoms with Gasteiger partial charge < -0.3 is 0 Å². The Morgan fingerprint density at radius 1 is 0.833 bits per heavy atom. The van der Waals surface area contributed by atoms with Gasteiger partial charge in [-0.2, -0.15) is 0 Å². The van der Waals surface area contributed by atoms with Crippen LogP contribution in [0.2, 0.25) is 4.71 Å². The first-order valence-corrected chi connectivity index (χ1v) is 13.3. The summed E-state index contributed by atoms with van der Waals surface area (Å²) in [5.41, 5.74) is 5.98. The zero-order valence-electron chi connectivity index (χ0n) is 19.6. The molecule has 176 valence electrons. The fourth-order valence-corrected chi connectivity index (χ4v) is 5.37. The zero-order valence-corrected chi connectivity index (χ0v) is 22.0. The van der Waals surface area contributed by atoms with Crippen molar-refractivity contribution in [2.24, 2.45) is 0 Å². The minimum absolute atomic E-state index is 0.484. The molecular weight excluding hydrogens is 507 g/mol. The van der Waals surface area contributed by atoms with Crippen LogP contribution in [0.3, 0.4) is 0 Å². The fourth-order valence-electron chi connectivity index (χ4n) is 4.55. The molecule has 2 atom stereocenters. The Kier molecular flexibility index (Phi) is 6.18. The predicted molar refractivity (Wildman–Crippen MR) is 148 cm³/mol. The number of hydrogen-bond donors (Lipinski definition) is 1. The zero-order chi connectivity index (χ0) is 24.3. The van der Waals surface area contributed by atoms with E-state index in [4.69, 9.17) is 4.98 Å². The number of fused-ring (bicyclic) bond motifs is 2. The first kappa shape index (κ1) is 22.4. The van der Waals surface area contributed by atoms with Crippen molar-refractivity contribution in [2.75, 3.05) is 11.9 Å². The fraction of sp³-hybridized carbons (Fsp3) is 0.103. The predicted octanol–water partition coefficient (Wildman–Crippen LogP) is 5.08. The summed E-state index contributed by atoms with van der Waals surface area (Å²) >= 11 is 1.72. The van der Waals surface area contributed by atoms with E-state index in [1.807, 2.05) is 16.5 Å². The van der Waals surface area contributed by atoms with Gasteiger partial charge in [-0.1, -0.05) is 6.07 Å². The van der Waals surface area contributed by atoms with Gasteiger partial charge in [-0.3, -0.25) is 0 Å². The monoisotopic (exact) mass is 532 g/mol. The molecule has 0 amide bonds. The van der Waals surface area contributed by atoms with Crippen LogP contribution < -0.4 is 5.32 Å². The van der Waals surface area contributed by atoms with E-state index >= 15 is 0 Å². The molecule has 0 spiro atoms. The molecule has 0 aliphatic carbocycles. The van der Waals surface area contributed by atoms with E-state index in [9.17, 15) is 0 Å². The number of nitrogens with one attached hydrogen (secondary N) is 1. The van der Waals surface area contributed by atoms with Gasteiger partial charge in [0, 0.05) is 0 Å². The SMILES string of the molecule is [AsH2]C(CNc1nc(-c2ccncc2)c(-c2ccc3ccccc3c2)c2nncn12)Cc1ccccc1. The summed E-state index contributed by atoms with van der Waals surface area (Å²) < 4.78 is 2.44. The van der Waals surface area contributed by atoms with E-state index in [0.29, 0.717) is 4.71 Å². The molecule has 3 aromatic heterocycles. The normalized spacial score (nSPS) is 12.1. The van der Waals surface area contributed by atoms with Crippen LogP contribution >= 0.6 is 0 Å². The Hall–Kier alpha value is -4.02. The van der Waals surface area contributed by atoms with Gasteiger partial charge in [-0.15, -0.1) is 0 Å². The second-order valence-corrected chi connectivity index (χ2v) is 10.8. The molecule has 36 heavy (non-hydrogen) atoms. The van der Waals surface area contributed by atoms with Crippen LogP contribution in [0.4, 0.5) is 5.95 Å². The third kappa shape index (κ3) is 4.48. The molecule has 1 N–H and O–H groups in total. The third-order valence-electron chi connectivity index (χ3n) is 6.31. The molecule has 6 rings (SSSR count). The Morgan fingerprint density at radius 2 is 1.61 bits per heavy atom. The van der Waals surface area contributed by atoms with Crippen molar-refractivity contribution >= 4 is 39.2 Å². The van der Waals surface area contributed by atoms with Crippen LogP contribution in [-0.2, 0) is 6.42 Å².